The number of thiol groups is 2. The molecule has 1 atom stereocenters. The standard InChI is InChI=1S/C9H11N3S2/c10-9(14,5-13)8-11-6-3-1-2-4-7(6)12-8/h1-4,13-14H,5,10H2,(H,11,12). The van der Waals surface area contributed by atoms with Crippen molar-refractivity contribution in [1.29, 1.82) is 0 Å². The van der Waals surface area contributed by atoms with E-state index < -0.39 is 4.87 Å². The van der Waals surface area contributed by atoms with Gasteiger partial charge in [-0.3, -0.25) is 0 Å². The Labute approximate surface area is 92.9 Å². The van der Waals surface area contributed by atoms with Crippen LogP contribution in [0.5, 0.6) is 0 Å². The van der Waals surface area contributed by atoms with Gasteiger partial charge >= 0.3 is 0 Å². The molecule has 1 heterocycles. The van der Waals surface area contributed by atoms with Crippen LogP contribution in [-0.2, 0) is 4.87 Å². The van der Waals surface area contributed by atoms with Gasteiger partial charge < -0.3 is 10.7 Å². The molecule has 14 heavy (non-hydrogen) atoms. The van der Waals surface area contributed by atoms with Crippen molar-refractivity contribution in [2.24, 2.45) is 5.73 Å². The molecule has 0 radical (unpaired) electrons. The first kappa shape index (κ1) is 9.89. The molecule has 0 fully saturated rings. The summed E-state index contributed by atoms with van der Waals surface area (Å²) in [4.78, 5) is 6.67. The highest BCUT2D eigenvalue weighted by Gasteiger charge is 2.24. The molecule has 0 saturated carbocycles. The van der Waals surface area contributed by atoms with Gasteiger partial charge in [0.05, 0.1) is 11.0 Å². The fourth-order valence-corrected chi connectivity index (χ4v) is 1.49. The first-order valence-electron chi connectivity index (χ1n) is 4.21. The van der Waals surface area contributed by atoms with Crippen LogP contribution in [-0.4, -0.2) is 15.7 Å². The SMILES string of the molecule is NC(S)(CS)c1nc2ccccc2[nH]1. The number of H-pyrrole nitrogens is 1. The summed E-state index contributed by atoms with van der Waals surface area (Å²) < 4.78 is 0. The second-order valence-electron chi connectivity index (χ2n) is 3.18. The zero-order chi connectivity index (χ0) is 10.2. The minimum atomic E-state index is -0.803. The van der Waals surface area contributed by atoms with Crippen LogP contribution in [0.1, 0.15) is 5.82 Å². The lowest BCUT2D eigenvalue weighted by Crippen LogP contribution is -2.33. The number of benzene rings is 1. The van der Waals surface area contributed by atoms with E-state index in [0.717, 1.165) is 11.0 Å². The van der Waals surface area contributed by atoms with Gasteiger partial charge in [0, 0.05) is 5.75 Å². The molecule has 0 aliphatic heterocycles. The Morgan fingerprint density at radius 2 is 2.14 bits per heavy atom. The number of nitrogens with two attached hydrogens (primary N) is 1. The fourth-order valence-electron chi connectivity index (χ4n) is 1.23. The van der Waals surface area contributed by atoms with Crippen LogP contribution in [0.2, 0.25) is 0 Å². The molecule has 2 rings (SSSR count). The minimum Gasteiger partial charge on any atom is -0.340 e. The molecule has 74 valence electrons. The molecular weight excluding hydrogens is 214 g/mol. The average Bonchev–Trinajstić information content (AvgIpc) is 2.61. The average molecular weight is 225 g/mol. The summed E-state index contributed by atoms with van der Waals surface area (Å²) in [7, 11) is 0. The number of imidazole rings is 1. The molecule has 1 unspecified atom stereocenters. The second kappa shape index (κ2) is 3.49. The number of hydrogen-bond acceptors (Lipinski definition) is 4. The third-order valence-electron chi connectivity index (χ3n) is 2.04. The second-order valence-corrected chi connectivity index (χ2v) is 4.30. The van der Waals surface area contributed by atoms with Crippen LogP contribution >= 0.6 is 25.3 Å². The molecule has 3 N–H and O–H groups in total. The van der Waals surface area contributed by atoms with E-state index in [2.05, 4.69) is 35.2 Å². The van der Waals surface area contributed by atoms with Crippen LogP contribution in [0.3, 0.4) is 0 Å². The highest BCUT2D eigenvalue weighted by molar-refractivity contribution is 7.85. The van der Waals surface area contributed by atoms with Crippen LogP contribution in [0.15, 0.2) is 24.3 Å². The van der Waals surface area contributed by atoms with Crippen LogP contribution < -0.4 is 5.73 Å². The summed E-state index contributed by atoms with van der Waals surface area (Å²) in [6.07, 6.45) is 0. The van der Waals surface area contributed by atoms with Crippen molar-refractivity contribution in [3.05, 3.63) is 30.1 Å². The largest absolute Gasteiger partial charge is 0.340 e. The first-order chi connectivity index (χ1) is 6.63. The van der Waals surface area contributed by atoms with Gasteiger partial charge in [-0.1, -0.05) is 12.1 Å². The minimum absolute atomic E-state index is 0.427. The Balaban J connectivity index is 2.55. The molecular formula is C9H11N3S2. The summed E-state index contributed by atoms with van der Waals surface area (Å²) in [5.41, 5.74) is 7.76. The number of para-hydroxylation sites is 2. The zero-order valence-electron chi connectivity index (χ0n) is 7.44. The van der Waals surface area contributed by atoms with Gasteiger partial charge in [-0.2, -0.15) is 12.6 Å². The van der Waals surface area contributed by atoms with Crippen molar-refractivity contribution < 1.29 is 0 Å². The Kier molecular flexibility index (Phi) is 2.47. The lowest BCUT2D eigenvalue weighted by atomic mass is 10.3. The van der Waals surface area contributed by atoms with E-state index in [9.17, 15) is 0 Å². The van der Waals surface area contributed by atoms with Gasteiger partial charge in [-0.15, -0.1) is 12.6 Å². The topological polar surface area (TPSA) is 54.7 Å². The quantitative estimate of drug-likeness (QED) is 0.463. The Morgan fingerprint density at radius 1 is 1.43 bits per heavy atom. The van der Waals surface area contributed by atoms with Gasteiger partial charge in [0.1, 0.15) is 10.7 Å². The van der Waals surface area contributed by atoms with Gasteiger partial charge in [0.15, 0.2) is 0 Å². The number of rotatable bonds is 2. The molecule has 1 aromatic heterocycles. The summed E-state index contributed by atoms with van der Waals surface area (Å²) in [5, 5.41) is 0. The van der Waals surface area contributed by atoms with Crippen molar-refractivity contribution in [2.45, 2.75) is 4.87 Å². The molecule has 0 amide bonds. The fraction of sp³-hybridized carbons (Fsp3) is 0.222. The Hall–Kier alpha value is -0.650. The molecule has 0 spiro atoms. The highest BCUT2D eigenvalue weighted by atomic mass is 32.1. The van der Waals surface area contributed by atoms with Crippen molar-refractivity contribution in [3.63, 3.8) is 0 Å². The smallest absolute Gasteiger partial charge is 0.138 e. The Morgan fingerprint density at radius 3 is 2.79 bits per heavy atom. The maximum absolute atomic E-state index is 5.90. The van der Waals surface area contributed by atoms with Crippen molar-refractivity contribution in [1.82, 2.24) is 9.97 Å². The molecule has 0 aliphatic rings. The third kappa shape index (κ3) is 1.63. The normalized spacial score (nSPS) is 15.6. The molecule has 0 bridgehead atoms. The van der Waals surface area contributed by atoms with Crippen molar-refractivity contribution >= 4 is 36.3 Å². The number of aromatic amines is 1. The number of fused-ring (bicyclic) bond motifs is 1. The molecule has 2 aromatic rings. The van der Waals surface area contributed by atoms with E-state index in [1.165, 1.54) is 0 Å². The van der Waals surface area contributed by atoms with E-state index in [0.29, 0.717) is 11.6 Å². The van der Waals surface area contributed by atoms with Gasteiger partial charge in [0.25, 0.3) is 0 Å². The number of nitrogens with one attached hydrogen (secondary N) is 1. The van der Waals surface area contributed by atoms with Crippen LogP contribution in [0, 0.1) is 0 Å². The predicted molar refractivity (Wildman–Crippen MR) is 64.8 cm³/mol. The van der Waals surface area contributed by atoms with E-state index in [1.807, 2.05) is 24.3 Å². The van der Waals surface area contributed by atoms with Crippen molar-refractivity contribution in [2.75, 3.05) is 5.75 Å². The summed E-state index contributed by atoms with van der Waals surface area (Å²) >= 11 is 8.43. The highest BCUT2D eigenvalue weighted by Crippen LogP contribution is 2.23. The van der Waals surface area contributed by atoms with E-state index >= 15 is 0 Å². The lowest BCUT2D eigenvalue weighted by Gasteiger charge is -2.17. The molecule has 0 saturated heterocycles. The lowest BCUT2D eigenvalue weighted by molar-refractivity contribution is 0.708. The maximum Gasteiger partial charge on any atom is 0.138 e. The molecule has 5 heteroatoms. The van der Waals surface area contributed by atoms with Gasteiger partial charge in [-0.05, 0) is 12.1 Å². The van der Waals surface area contributed by atoms with E-state index in [1.54, 1.807) is 0 Å². The van der Waals surface area contributed by atoms with Crippen molar-refractivity contribution in [3.8, 4) is 0 Å². The number of aromatic nitrogens is 2. The summed E-state index contributed by atoms with van der Waals surface area (Å²) in [6.45, 7) is 0. The molecule has 3 nitrogen and oxygen atoms in total. The third-order valence-corrected chi connectivity index (χ3v) is 3.16. The van der Waals surface area contributed by atoms with Gasteiger partial charge in [-0.25, -0.2) is 4.98 Å². The first-order valence-corrected chi connectivity index (χ1v) is 5.29. The number of nitrogens with zero attached hydrogens (tertiary/aromatic N) is 1. The molecule has 0 aliphatic carbocycles. The van der Waals surface area contributed by atoms with Gasteiger partial charge in [0.2, 0.25) is 0 Å². The maximum atomic E-state index is 5.90. The summed E-state index contributed by atoms with van der Waals surface area (Å²) in [6, 6.07) is 7.76. The van der Waals surface area contributed by atoms with Crippen LogP contribution in [0.4, 0.5) is 0 Å². The summed E-state index contributed by atoms with van der Waals surface area (Å²) in [5.74, 6) is 1.08. The zero-order valence-corrected chi connectivity index (χ0v) is 9.22. The number of hydrogen-bond donors (Lipinski definition) is 4. The van der Waals surface area contributed by atoms with E-state index in [4.69, 9.17) is 5.73 Å². The van der Waals surface area contributed by atoms with E-state index in [-0.39, 0.29) is 0 Å². The Bertz CT molecular complexity index is 417. The predicted octanol–water partition coefficient (Wildman–Crippen LogP) is 1.53. The van der Waals surface area contributed by atoms with Crippen LogP contribution in [0.25, 0.3) is 11.0 Å². The molecule has 1 aromatic carbocycles. The monoisotopic (exact) mass is 225 g/mol.